The molecule has 0 radical (unpaired) electrons. The van der Waals surface area contributed by atoms with Gasteiger partial charge in [-0.15, -0.1) is 0 Å². The molecule has 0 aliphatic carbocycles. The Labute approximate surface area is 99.2 Å². The smallest absolute Gasteiger partial charge is 0.166 e. The molecule has 84 valence electrons. The van der Waals surface area contributed by atoms with Gasteiger partial charge in [0.05, 0.1) is 5.56 Å². The molecule has 2 aromatic rings. The minimum absolute atomic E-state index is 0.250. The van der Waals surface area contributed by atoms with Crippen molar-refractivity contribution in [1.82, 2.24) is 0 Å². The highest BCUT2D eigenvalue weighted by molar-refractivity contribution is 9.08. The second-order valence-electron chi connectivity index (χ2n) is 3.50. The lowest BCUT2D eigenvalue weighted by atomic mass is 10.0. The van der Waals surface area contributed by atoms with Crippen LogP contribution in [-0.2, 0) is 11.5 Å². The van der Waals surface area contributed by atoms with Crippen molar-refractivity contribution < 1.29 is 13.2 Å². The largest absolute Gasteiger partial charge is 0.417 e. The summed E-state index contributed by atoms with van der Waals surface area (Å²) in [6, 6.07) is 9.50. The molecule has 4 heteroatoms. The van der Waals surface area contributed by atoms with E-state index in [0.29, 0.717) is 16.3 Å². The third kappa shape index (κ3) is 2.07. The van der Waals surface area contributed by atoms with Crippen LogP contribution in [-0.4, -0.2) is 0 Å². The van der Waals surface area contributed by atoms with Gasteiger partial charge in [-0.2, -0.15) is 13.2 Å². The maximum absolute atomic E-state index is 12.8. The second kappa shape index (κ2) is 4.09. The van der Waals surface area contributed by atoms with Crippen LogP contribution in [0.3, 0.4) is 0 Å². The summed E-state index contributed by atoms with van der Waals surface area (Å²) in [5.41, 5.74) is 0.0612. The van der Waals surface area contributed by atoms with Crippen LogP contribution in [0.15, 0.2) is 36.4 Å². The molecule has 2 aromatic carbocycles. The number of rotatable bonds is 1. The Kier molecular flexibility index (Phi) is 2.93. The van der Waals surface area contributed by atoms with Gasteiger partial charge in [-0.3, -0.25) is 0 Å². The molecule has 0 aromatic heterocycles. The number of fused-ring (bicyclic) bond motifs is 1. The number of alkyl halides is 4. The van der Waals surface area contributed by atoms with E-state index in [9.17, 15) is 13.2 Å². The van der Waals surface area contributed by atoms with Crippen molar-refractivity contribution in [3.8, 4) is 0 Å². The monoisotopic (exact) mass is 288 g/mol. The summed E-state index contributed by atoms with van der Waals surface area (Å²) in [5, 5.41) is 1.28. The Hall–Kier alpha value is -1.03. The Bertz CT molecular complexity index is 517. The molecule has 0 heterocycles. The van der Waals surface area contributed by atoms with Gasteiger partial charge in [0.2, 0.25) is 0 Å². The Morgan fingerprint density at radius 1 is 1.06 bits per heavy atom. The van der Waals surface area contributed by atoms with Crippen LogP contribution >= 0.6 is 15.9 Å². The van der Waals surface area contributed by atoms with Gasteiger partial charge in [0.1, 0.15) is 0 Å². The van der Waals surface area contributed by atoms with Gasteiger partial charge >= 0.3 is 6.18 Å². The standard InChI is InChI=1S/C12H8BrF3/c13-7-8-5-9-3-1-2-4-10(9)11(6-8)12(14,15)16/h1-6H,7H2. The third-order valence-electron chi connectivity index (χ3n) is 2.38. The maximum Gasteiger partial charge on any atom is 0.417 e. The molecule has 0 N–H and O–H groups in total. The minimum atomic E-state index is -4.31. The molecule has 2 rings (SSSR count). The predicted molar refractivity (Wildman–Crippen MR) is 61.6 cm³/mol. The van der Waals surface area contributed by atoms with Crippen LogP contribution in [0.2, 0.25) is 0 Å². The van der Waals surface area contributed by atoms with Crippen molar-refractivity contribution in [2.24, 2.45) is 0 Å². The zero-order chi connectivity index (χ0) is 11.8. The van der Waals surface area contributed by atoms with E-state index in [2.05, 4.69) is 15.9 Å². The van der Waals surface area contributed by atoms with Crippen LogP contribution < -0.4 is 0 Å². The first kappa shape index (κ1) is 11.5. The molecule has 0 unspecified atom stereocenters. The molecular formula is C12H8BrF3. The molecule has 0 fully saturated rings. The molecule has 0 saturated carbocycles. The number of hydrogen-bond acceptors (Lipinski definition) is 0. The van der Waals surface area contributed by atoms with Gasteiger partial charge in [-0.1, -0.05) is 46.3 Å². The first-order valence-electron chi connectivity index (χ1n) is 4.67. The third-order valence-corrected chi connectivity index (χ3v) is 3.03. The van der Waals surface area contributed by atoms with E-state index in [1.54, 1.807) is 24.3 Å². The fraction of sp³-hybridized carbons (Fsp3) is 0.167. The van der Waals surface area contributed by atoms with Gasteiger partial charge in [0, 0.05) is 5.33 Å². The molecular weight excluding hydrogens is 281 g/mol. The first-order chi connectivity index (χ1) is 7.52. The summed E-state index contributed by atoms with van der Waals surface area (Å²) < 4.78 is 38.5. The molecule has 0 nitrogen and oxygen atoms in total. The van der Waals surface area contributed by atoms with Crippen LogP contribution in [0.5, 0.6) is 0 Å². The minimum Gasteiger partial charge on any atom is -0.166 e. The van der Waals surface area contributed by atoms with Crippen LogP contribution in [0.4, 0.5) is 13.2 Å². The predicted octanol–water partition coefficient (Wildman–Crippen LogP) is 4.75. The summed E-state index contributed by atoms with van der Waals surface area (Å²) in [5.74, 6) is 0. The quantitative estimate of drug-likeness (QED) is 0.664. The Balaban J connectivity index is 2.79. The number of hydrogen-bond donors (Lipinski definition) is 0. The van der Waals surface area contributed by atoms with Crippen LogP contribution in [0.25, 0.3) is 10.8 Å². The summed E-state index contributed by atoms with van der Waals surface area (Å²) in [7, 11) is 0. The summed E-state index contributed by atoms with van der Waals surface area (Å²) in [6.07, 6.45) is -4.31. The molecule has 0 bridgehead atoms. The van der Waals surface area contributed by atoms with Crippen molar-refractivity contribution in [3.63, 3.8) is 0 Å². The highest BCUT2D eigenvalue weighted by Gasteiger charge is 2.32. The van der Waals surface area contributed by atoms with E-state index in [4.69, 9.17) is 0 Å². The van der Waals surface area contributed by atoms with Gasteiger partial charge in [0.15, 0.2) is 0 Å². The first-order valence-corrected chi connectivity index (χ1v) is 5.79. The van der Waals surface area contributed by atoms with Crippen molar-refractivity contribution >= 4 is 26.7 Å². The van der Waals surface area contributed by atoms with Gasteiger partial charge in [-0.25, -0.2) is 0 Å². The highest BCUT2D eigenvalue weighted by atomic mass is 79.9. The Morgan fingerprint density at radius 3 is 2.38 bits per heavy atom. The van der Waals surface area contributed by atoms with E-state index in [0.717, 1.165) is 0 Å². The molecule has 0 atom stereocenters. The lowest BCUT2D eigenvalue weighted by molar-refractivity contribution is -0.136. The van der Waals surface area contributed by atoms with E-state index in [1.807, 2.05) is 0 Å². The van der Waals surface area contributed by atoms with Crippen molar-refractivity contribution in [2.45, 2.75) is 11.5 Å². The van der Waals surface area contributed by atoms with Crippen molar-refractivity contribution in [2.75, 3.05) is 0 Å². The van der Waals surface area contributed by atoms with E-state index in [-0.39, 0.29) is 5.39 Å². The zero-order valence-corrected chi connectivity index (χ0v) is 9.77. The topological polar surface area (TPSA) is 0 Å². The fourth-order valence-corrected chi connectivity index (χ4v) is 2.01. The van der Waals surface area contributed by atoms with Gasteiger partial charge in [-0.05, 0) is 22.4 Å². The molecule has 16 heavy (non-hydrogen) atoms. The summed E-state index contributed by atoms with van der Waals surface area (Å²) >= 11 is 3.18. The Morgan fingerprint density at radius 2 is 1.75 bits per heavy atom. The number of benzene rings is 2. The summed E-state index contributed by atoms with van der Waals surface area (Å²) in [4.78, 5) is 0. The average molecular weight is 289 g/mol. The van der Waals surface area contributed by atoms with Crippen molar-refractivity contribution in [1.29, 1.82) is 0 Å². The molecule has 0 amide bonds. The lowest BCUT2D eigenvalue weighted by Gasteiger charge is -2.12. The van der Waals surface area contributed by atoms with E-state index >= 15 is 0 Å². The van der Waals surface area contributed by atoms with Crippen molar-refractivity contribution in [3.05, 3.63) is 47.5 Å². The average Bonchev–Trinajstić information content (AvgIpc) is 2.26. The fourth-order valence-electron chi connectivity index (χ4n) is 1.68. The zero-order valence-electron chi connectivity index (χ0n) is 8.18. The molecule has 0 spiro atoms. The normalized spacial score (nSPS) is 12.0. The highest BCUT2D eigenvalue weighted by Crippen LogP contribution is 2.35. The van der Waals surface area contributed by atoms with Crippen LogP contribution in [0.1, 0.15) is 11.1 Å². The maximum atomic E-state index is 12.8. The summed E-state index contributed by atoms with van der Waals surface area (Å²) in [6.45, 7) is 0. The van der Waals surface area contributed by atoms with Crippen LogP contribution in [0, 0.1) is 0 Å². The van der Waals surface area contributed by atoms with Gasteiger partial charge < -0.3 is 0 Å². The molecule has 0 aliphatic rings. The van der Waals surface area contributed by atoms with E-state index < -0.39 is 11.7 Å². The molecule has 0 aliphatic heterocycles. The lowest BCUT2D eigenvalue weighted by Crippen LogP contribution is -2.06. The SMILES string of the molecule is FC(F)(F)c1cc(CBr)cc2ccccc12. The molecule has 0 saturated heterocycles. The van der Waals surface area contributed by atoms with E-state index in [1.165, 1.54) is 12.1 Å². The second-order valence-corrected chi connectivity index (χ2v) is 4.06. The van der Waals surface area contributed by atoms with Gasteiger partial charge in [0.25, 0.3) is 0 Å². The number of halogens is 4.